The van der Waals surface area contributed by atoms with E-state index in [-0.39, 0.29) is 16.1 Å². The first-order valence-corrected chi connectivity index (χ1v) is 8.22. The van der Waals surface area contributed by atoms with Crippen molar-refractivity contribution in [2.75, 3.05) is 0 Å². The maximum Gasteiger partial charge on any atom is 0.416 e. The van der Waals surface area contributed by atoms with E-state index in [0.717, 1.165) is 49.4 Å². The fourth-order valence-electron chi connectivity index (χ4n) is 1.87. The minimum absolute atomic E-state index is 0.229. The summed E-state index contributed by atoms with van der Waals surface area (Å²) in [7, 11) is -4.27. The van der Waals surface area contributed by atoms with Crippen molar-refractivity contribution in [3.63, 3.8) is 0 Å². The maximum absolute atomic E-state index is 12.3. The van der Waals surface area contributed by atoms with Gasteiger partial charge >= 0.3 is 6.18 Å². The molecule has 2 rings (SSSR count). The highest BCUT2D eigenvalue weighted by atomic mass is 32.2. The first-order chi connectivity index (χ1) is 12.2. The lowest BCUT2D eigenvalue weighted by Gasteiger charge is -2.09. The van der Waals surface area contributed by atoms with Crippen LogP contribution in [0.2, 0.25) is 0 Å². The van der Waals surface area contributed by atoms with Gasteiger partial charge in [0.05, 0.1) is 20.3 Å². The fraction of sp³-hybridized carbons (Fsp3) is 0.143. The van der Waals surface area contributed by atoms with Crippen LogP contribution in [0.5, 0.6) is 0 Å². The molecule has 0 atom stereocenters. The van der Waals surface area contributed by atoms with Crippen LogP contribution in [-0.4, -0.2) is 22.8 Å². The predicted octanol–water partition coefficient (Wildman–Crippen LogP) is 3.76. The Bertz CT molecular complexity index is 958. The van der Waals surface area contributed by atoms with E-state index in [4.69, 9.17) is 4.55 Å². The molecule has 0 bridgehead atoms. The third kappa shape index (κ3) is 6.00. The highest BCUT2D eigenvalue weighted by molar-refractivity contribution is 7.85. The van der Waals surface area contributed by atoms with Gasteiger partial charge in [0.1, 0.15) is 0 Å². The minimum Gasteiger partial charge on any atom is -0.282 e. The van der Waals surface area contributed by atoms with Crippen LogP contribution in [0.25, 0.3) is 0 Å². The van der Waals surface area contributed by atoms with Gasteiger partial charge in [0, 0.05) is 23.8 Å². The zero-order chi connectivity index (χ0) is 21.0. The van der Waals surface area contributed by atoms with E-state index in [1.807, 2.05) is 0 Å². The molecular formula is C14H11F3N2O7S. The lowest BCUT2D eigenvalue weighted by atomic mass is 10.1. The fourth-order valence-corrected chi connectivity index (χ4v) is 2.35. The molecule has 2 aromatic rings. The van der Waals surface area contributed by atoms with Crippen LogP contribution in [-0.2, 0) is 16.3 Å². The van der Waals surface area contributed by atoms with E-state index < -0.39 is 37.4 Å². The summed E-state index contributed by atoms with van der Waals surface area (Å²) in [6, 6.07) is 6.83. The topological polar surface area (TPSA) is 141 Å². The van der Waals surface area contributed by atoms with Crippen molar-refractivity contribution in [2.45, 2.75) is 18.0 Å². The molecule has 0 aliphatic heterocycles. The predicted molar refractivity (Wildman–Crippen MR) is 85.7 cm³/mol. The Morgan fingerprint density at radius 2 is 1.48 bits per heavy atom. The Hall–Kier alpha value is -3.06. The van der Waals surface area contributed by atoms with Crippen molar-refractivity contribution in [3.8, 4) is 0 Å². The van der Waals surface area contributed by atoms with Crippen LogP contribution in [0.3, 0.4) is 0 Å². The maximum atomic E-state index is 12.3. The molecule has 0 fully saturated rings. The summed E-state index contributed by atoms with van der Waals surface area (Å²) >= 11 is 0. The van der Waals surface area contributed by atoms with Gasteiger partial charge in [-0.1, -0.05) is 6.07 Å². The highest BCUT2D eigenvalue weighted by Gasteiger charge is 2.34. The molecule has 0 aromatic heterocycles. The summed E-state index contributed by atoms with van der Waals surface area (Å²) in [6.45, 7) is 1.08. The molecule has 2 aromatic carbocycles. The molecule has 0 spiro atoms. The van der Waals surface area contributed by atoms with Gasteiger partial charge in [0.25, 0.3) is 21.5 Å². The van der Waals surface area contributed by atoms with E-state index in [1.54, 1.807) is 0 Å². The van der Waals surface area contributed by atoms with Crippen LogP contribution < -0.4 is 0 Å². The molecule has 0 saturated carbocycles. The molecule has 146 valence electrons. The average molecular weight is 408 g/mol. The molecule has 1 N–H and O–H groups in total. The molecule has 0 heterocycles. The average Bonchev–Trinajstić information content (AvgIpc) is 2.53. The summed E-state index contributed by atoms with van der Waals surface area (Å²) < 4.78 is 66.3. The number of hydrogen-bond acceptors (Lipinski definition) is 6. The van der Waals surface area contributed by atoms with Gasteiger partial charge in [-0.2, -0.15) is 21.6 Å². The normalized spacial score (nSPS) is 11.3. The quantitative estimate of drug-likeness (QED) is 0.463. The van der Waals surface area contributed by atoms with Crippen molar-refractivity contribution in [2.24, 2.45) is 0 Å². The zero-order valence-electron chi connectivity index (χ0n) is 13.4. The minimum atomic E-state index is -4.55. The summed E-state index contributed by atoms with van der Waals surface area (Å²) in [5.41, 5.74) is -2.07. The number of non-ortho nitro benzene ring substituents is 1. The SMILES string of the molecule is Cc1c([N+](=O)[O-])cccc1C(F)(F)F.O=[N+]([O-])c1ccc(S(=O)(=O)O)cc1. The van der Waals surface area contributed by atoms with Gasteiger partial charge in [0.15, 0.2) is 0 Å². The molecule has 9 nitrogen and oxygen atoms in total. The van der Waals surface area contributed by atoms with Crippen LogP contribution in [0, 0.1) is 27.2 Å². The summed E-state index contributed by atoms with van der Waals surface area (Å²) in [5, 5.41) is 20.5. The first-order valence-electron chi connectivity index (χ1n) is 6.78. The second-order valence-corrected chi connectivity index (χ2v) is 6.35. The second kappa shape index (κ2) is 8.09. The lowest BCUT2D eigenvalue weighted by Crippen LogP contribution is -2.08. The van der Waals surface area contributed by atoms with Gasteiger partial charge in [-0.25, -0.2) is 0 Å². The van der Waals surface area contributed by atoms with E-state index >= 15 is 0 Å². The van der Waals surface area contributed by atoms with Gasteiger partial charge in [-0.3, -0.25) is 24.8 Å². The lowest BCUT2D eigenvalue weighted by molar-refractivity contribution is -0.385. The second-order valence-electron chi connectivity index (χ2n) is 4.93. The number of alkyl halides is 3. The van der Waals surface area contributed by atoms with E-state index in [2.05, 4.69) is 0 Å². The van der Waals surface area contributed by atoms with Crippen molar-refractivity contribution < 1.29 is 36.0 Å². The van der Waals surface area contributed by atoms with E-state index in [1.165, 1.54) is 0 Å². The molecule has 0 saturated heterocycles. The van der Waals surface area contributed by atoms with Gasteiger partial charge in [-0.15, -0.1) is 0 Å². The van der Waals surface area contributed by atoms with Crippen molar-refractivity contribution >= 4 is 21.5 Å². The third-order valence-corrected chi connectivity index (χ3v) is 4.02. The first kappa shape index (κ1) is 22.0. The molecular weight excluding hydrogens is 397 g/mol. The zero-order valence-corrected chi connectivity index (χ0v) is 14.2. The largest absolute Gasteiger partial charge is 0.416 e. The van der Waals surface area contributed by atoms with Gasteiger partial charge in [-0.05, 0) is 25.1 Å². The molecule has 0 radical (unpaired) electrons. The molecule has 0 aliphatic rings. The molecule has 27 heavy (non-hydrogen) atoms. The number of nitrogens with zero attached hydrogens (tertiary/aromatic N) is 2. The Morgan fingerprint density at radius 3 is 1.85 bits per heavy atom. The third-order valence-electron chi connectivity index (χ3n) is 3.15. The van der Waals surface area contributed by atoms with Crippen molar-refractivity contribution in [1.82, 2.24) is 0 Å². The van der Waals surface area contributed by atoms with Crippen LogP contribution in [0.4, 0.5) is 24.5 Å². The Morgan fingerprint density at radius 1 is 0.963 bits per heavy atom. The smallest absolute Gasteiger partial charge is 0.282 e. The number of nitro benzene ring substituents is 2. The number of rotatable bonds is 3. The Balaban J connectivity index is 0.000000271. The molecule has 0 amide bonds. The van der Waals surface area contributed by atoms with E-state index in [0.29, 0.717) is 0 Å². The summed E-state index contributed by atoms with van der Waals surface area (Å²) in [5.74, 6) is 0. The number of hydrogen-bond donors (Lipinski definition) is 1. The summed E-state index contributed by atoms with van der Waals surface area (Å²) in [6.07, 6.45) is -4.55. The number of nitro groups is 2. The number of halogens is 3. The monoisotopic (exact) mass is 408 g/mol. The summed E-state index contributed by atoms with van der Waals surface area (Å²) in [4.78, 5) is 18.6. The Kier molecular flexibility index (Phi) is 6.59. The standard InChI is InChI=1S/C8H6F3NO2.C6H5NO5S/c1-5-6(8(9,10)11)3-2-4-7(5)12(13)14;8-7(9)5-1-3-6(4-2-5)13(10,11)12/h2-4H,1H3;1-4H,(H,10,11,12). The van der Waals surface area contributed by atoms with Gasteiger partial charge in [0.2, 0.25) is 0 Å². The number of benzene rings is 2. The Labute approximate surface area is 150 Å². The molecule has 0 aliphatic carbocycles. The molecule has 13 heteroatoms. The molecule has 0 unspecified atom stereocenters. The van der Waals surface area contributed by atoms with Crippen LogP contribution in [0.1, 0.15) is 11.1 Å². The highest BCUT2D eigenvalue weighted by Crippen LogP contribution is 2.34. The van der Waals surface area contributed by atoms with Crippen molar-refractivity contribution in [3.05, 3.63) is 73.8 Å². The van der Waals surface area contributed by atoms with Crippen LogP contribution >= 0.6 is 0 Å². The van der Waals surface area contributed by atoms with E-state index in [9.17, 15) is 41.8 Å². The van der Waals surface area contributed by atoms with Crippen molar-refractivity contribution in [1.29, 1.82) is 0 Å². The van der Waals surface area contributed by atoms with Crippen LogP contribution in [0.15, 0.2) is 47.4 Å². The van der Waals surface area contributed by atoms with Gasteiger partial charge < -0.3 is 0 Å².